The van der Waals surface area contributed by atoms with Crippen LogP contribution in [0.5, 0.6) is 0 Å². The summed E-state index contributed by atoms with van der Waals surface area (Å²) in [7, 11) is 0. The third kappa shape index (κ3) is 3.17. The Kier molecular flexibility index (Phi) is 3.46. The summed E-state index contributed by atoms with van der Waals surface area (Å²) >= 11 is 5.67. The van der Waals surface area contributed by atoms with Crippen molar-refractivity contribution in [2.45, 2.75) is 19.4 Å². The summed E-state index contributed by atoms with van der Waals surface area (Å²) in [4.78, 5) is 10.7. The van der Waals surface area contributed by atoms with Gasteiger partial charge in [-0.1, -0.05) is 23.7 Å². The van der Waals surface area contributed by atoms with E-state index in [0.717, 1.165) is 5.56 Å². The zero-order valence-corrected chi connectivity index (χ0v) is 8.08. The van der Waals surface area contributed by atoms with Gasteiger partial charge in [-0.2, -0.15) is 0 Å². The molecule has 1 aromatic rings. The first-order chi connectivity index (χ1) is 6.09. The van der Waals surface area contributed by atoms with Crippen molar-refractivity contribution in [3.63, 3.8) is 0 Å². The number of aliphatic hydroxyl groups excluding tert-OH is 1. The molecular formula is C10H11ClO2. The van der Waals surface area contributed by atoms with Gasteiger partial charge in [-0.3, -0.25) is 4.79 Å². The number of carbonyl (C=O) groups is 1. The first kappa shape index (κ1) is 10.2. The highest BCUT2D eigenvalue weighted by atomic mass is 35.5. The van der Waals surface area contributed by atoms with Crippen LogP contribution in [-0.2, 0) is 4.79 Å². The second-order valence-electron chi connectivity index (χ2n) is 2.97. The first-order valence-corrected chi connectivity index (χ1v) is 4.40. The number of Topliss-reactive ketones (excluding diaryl/α,β-unsaturated/α-hetero) is 1. The van der Waals surface area contributed by atoms with E-state index in [2.05, 4.69) is 0 Å². The maximum atomic E-state index is 10.7. The fourth-order valence-electron chi connectivity index (χ4n) is 1.08. The lowest BCUT2D eigenvalue weighted by molar-refractivity contribution is -0.118. The highest BCUT2D eigenvalue weighted by Gasteiger charge is 2.09. The van der Waals surface area contributed by atoms with Crippen LogP contribution in [0.2, 0.25) is 5.02 Å². The minimum atomic E-state index is -0.713. The Balaban J connectivity index is 2.71. The van der Waals surface area contributed by atoms with Crippen molar-refractivity contribution < 1.29 is 9.90 Å². The minimum Gasteiger partial charge on any atom is -0.388 e. The van der Waals surface area contributed by atoms with E-state index in [1.54, 1.807) is 24.3 Å². The van der Waals surface area contributed by atoms with Gasteiger partial charge in [0.05, 0.1) is 6.10 Å². The maximum absolute atomic E-state index is 10.7. The molecule has 0 aromatic heterocycles. The largest absolute Gasteiger partial charge is 0.388 e. The van der Waals surface area contributed by atoms with Gasteiger partial charge in [-0.25, -0.2) is 0 Å². The molecule has 1 rings (SSSR count). The highest BCUT2D eigenvalue weighted by Crippen LogP contribution is 2.18. The average molecular weight is 199 g/mol. The molecule has 1 unspecified atom stereocenters. The van der Waals surface area contributed by atoms with Gasteiger partial charge in [-0.15, -0.1) is 0 Å². The van der Waals surface area contributed by atoms with Crippen LogP contribution in [0.25, 0.3) is 0 Å². The van der Waals surface area contributed by atoms with Crippen molar-refractivity contribution in [1.82, 2.24) is 0 Å². The smallest absolute Gasteiger partial charge is 0.132 e. The molecule has 0 aliphatic heterocycles. The number of rotatable bonds is 3. The predicted octanol–water partition coefficient (Wildman–Crippen LogP) is 2.35. The standard InChI is InChI=1S/C10H11ClO2/c1-7(12)6-10(13)8-2-4-9(11)5-3-8/h2-5,10,13H,6H2,1H3. The fraction of sp³-hybridized carbons (Fsp3) is 0.300. The summed E-state index contributed by atoms with van der Waals surface area (Å²) in [5.74, 6) is -0.0255. The number of halogens is 1. The monoisotopic (exact) mass is 198 g/mol. The van der Waals surface area contributed by atoms with E-state index in [1.807, 2.05) is 0 Å². The lowest BCUT2D eigenvalue weighted by Gasteiger charge is -2.08. The van der Waals surface area contributed by atoms with Crippen LogP contribution < -0.4 is 0 Å². The summed E-state index contributed by atoms with van der Waals surface area (Å²) in [6.07, 6.45) is -0.559. The molecule has 0 heterocycles. The van der Waals surface area contributed by atoms with Gasteiger partial charge in [0.25, 0.3) is 0 Å². The van der Waals surface area contributed by atoms with Crippen LogP contribution in [0.1, 0.15) is 25.0 Å². The molecule has 0 aliphatic rings. The molecule has 1 aromatic carbocycles. The van der Waals surface area contributed by atoms with Gasteiger partial charge in [0.15, 0.2) is 0 Å². The molecule has 1 atom stereocenters. The molecule has 13 heavy (non-hydrogen) atoms. The topological polar surface area (TPSA) is 37.3 Å². The molecular weight excluding hydrogens is 188 g/mol. The van der Waals surface area contributed by atoms with Gasteiger partial charge in [0.2, 0.25) is 0 Å². The Morgan fingerprint density at radius 1 is 1.46 bits per heavy atom. The predicted molar refractivity (Wildman–Crippen MR) is 51.7 cm³/mol. The molecule has 70 valence electrons. The van der Waals surface area contributed by atoms with Crippen molar-refractivity contribution >= 4 is 17.4 Å². The quantitative estimate of drug-likeness (QED) is 0.810. The van der Waals surface area contributed by atoms with E-state index < -0.39 is 6.10 Å². The van der Waals surface area contributed by atoms with Gasteiger partial charge in [0.1, 0.15) is 5.78 Å². The van der Waals surface area contributed by atoms with Gasteiger partial charge >= 0.3 is 0 Å². The molecule has 1 N–H and O–H groups in total. The van der Waals surface area contributed by atoms with Gasteiger partial charge < -0.3 is 5.11 Å². The Labute approximate surface area is 82.2 Å². The van der Waals surface area contributed by atoms with Crippen LogP contribution in [0.15, 0.2) is 24.3 Å². The van der Waals surface area contributed by atoms with E-state index >= 15 is 0 Å². The number of hydrogen-bond acceptors (Lipinski definition) is 2. The molecule has 0 bridgehead atoms. The van der Waals surface area contributed by atoms with Crippen molar-refractivity contribution in [2.75, 3.05) is 0 Å². The molecule has 0 radical (unpaired) electrons. The molecule has 0 saturated heterocycles. The molecule has 0 amide bonds. The zero-order chi connectivity index (χ0) is 9.84. The van der Waals surface area contributed by atoms with E-state index in [1.165, 1.54) is 6.92 Å². The normalized spacial score (nSPS) is 12.5. The molecule has 2 nitrogen and oxygen atoms in total. The molecule has 3 heteroatoms. The fourth-order valence-corrected chi connectivity index (χ4v) is 1.20. The number of benzene rings is 1. The average Bonchev–Trinajstić information content (AvgIpc) is 2.04. The van der Waals surface area contributed by atoms with Crippen LogP contribution in [0, 0.1) is 0 Å². The summed E-state index contributed by atoms with van der Waals surface area (Å²) in [5, 5.41) is 10.1. The number of hydrogen-bond donors (Lipinski definition) is 1. The lowest BCUT2D eigenvalue weighted by Crippen LogP contribution is -2.02. The summed E-state index contributed by atoms with van der Waals surface area (Å²) in [5.41, 5.74) is 0.722. The van der Waals surface area contributed by atoms with Crippen LogP contribution in [-0.4, -0.2) is 10.9 Å². The Bertz CT molecular complexity index is 292. The Hall–Kier alpha value is -0.860. The van der Waals surface area contributed by atoms with Crippen molar-refractivity contribution in [3.05, 3.63) is 34.9 Å². The van der Waals surface area contributed by atoms with E-state index in [4.69, 9.17) is 11.6 Å². The van der Waals surface area contributed by atoms with E-state index in [9.17, 15) is 9.90 Å². The second kappa shape index (κ2) is 4.40. The van der Waals surface area contributed by atoms with Crippen LogP contribution in [0.4, 0.5) is 0 Å². The van der Waals surface area contributed by atoms with Crippen molar-refractivity contribution in [1.29, 1.82) is 0 Å². The summed E-state index contributed by atoms with van der Waals surface area (Å²) < 4.78 is 0. The highest BCUT2D eigenvalue weighted by molar-refractivity contribution is 6.30. The maximum Gasteiger partial charge on any atom is 0.132 e. The third-order valence-corrected chi connectivity index (χ3v) is 1.99. The SMILES string of the molecule is CC(=O)CC(O)c1ccc(Cl)cc1. The Morgan fingerprint density at radius 2 is 2.00 bits per heavy atom. The second-order valence-corrected chi connectivity index (χ2v) is 3.41. The number of aliphatic hydroxyl groups is 1. The number of ketones is 1. The van der Waals surface area contributed by atoms with E-state index in [-0.39, 0.29) is 12.2 Å². The van der Waals surface area contributed by atoms with Crippen molar-refractivity contribution in [2.24, 2.45) is 0 Å². The summed E-state index contributed by atoms with van der Waals surface area (Å²) in [6.45, 7) is 1.46. The first-order valence-electron chi connectivity index (χ1n) is 4.02. The molecule has 0 spiro atoms. The van der Waals surface area contributed by atoms with Crippen LogP contribution >= 0.6 is 11.6 Å². The minimum absolute atomic E-state index is 0.0255. The lowest BCUT2D eigenvalue weighted by atomic mass is 10.1. The third-order valence-electron chi connectivity index (χ3n) is 1.74. The summed E-state index contributed by atoms with van der Waals surface area (Å²) in [6, 6.07) is 6.83. The molecule has 0 fully saturated rings. The van der Waals surface area contributed by atoms with Crippen LogP contribution in [0.3, 0.4) is 0 Å². The van der Waals surface area contributed by atoms with Gasteiger partial charge in [0, 0.05) is 11.4 Å². The van der Waals surface area contributed by atoms with E-state index in [0.29, 0.717) is 5.02 Å². The van der Waals surface area contributed by atoms with Crippen molar-refractivity contribution in [3.8, 4) is 0 Å². The van der Waals surface area contributed by atoms with Gasteiger partial charge in [-0.05, 0) is 24.6 Å². The Morgan fingerprint density at radius 3 is 2.46 bits per heavy atom. The number of carbonyl (C=O) groups excluding carboxylic acids is 1. The molecule has 0 aliphatic carbocycles. The molecule has 0 saturated carbocycles. The zero-order valence-electron chi connectivity index (χ0n) is 7.33.